The second-order valence-corrected chi connectivity index (χ2v) is 3.15. The van der Waals surface area contributed by atoms with E-state index in [0.29, 0.717) is 12.3 Å². The van der Waals surface area contributed by atoms with Gasteiger partial charge in [-0.2, -0.15) is 0 Å². The van der Waals surface area contributed by atoms with Crippen LogP contribution in [0.2, 0.25) is 0 Å². The molecule has 0 spiro atoms. The molecule has 0 bridgehead atoms. The van der Waals surface area contributed by atoms with Crippen molar-refractivity contribution in [2.45, 2.75) is 32.6 Å². The molecule has 0 aliphatic heterocycles. The zero-order valence-corrected chi connectivity index (χ0v) is 8.01. The Labute approximate surface area is 74.3 Å². The van der Waals surface area contributed by atoms with Crippen LogP contribution in [0.1, 0.15) is 32.6 Å². The van der Waals surface area contributed by atoms with Gasteiger partial charge in [0.1, 0.15) is 0 Å². The number of esters is 1. The van der Waals surface area contributed by atoms with E-state index in [1.165, 1.54) is 7.11 Å². The predicted molar refractivity (Wildman–Crippen MR) is 48.7 cm³/mol. The van der Waals surface area contributed by atoms with Crippen molar-refractivity contribution in [3.8, 4) is 0 Å². The van der Waals surface area contributed by atoms with Crippen LogP contribution in [-0.2, 0) is 9.53 Å². The molecule has 1 unspecified atom stereocenters. The molecule has 0 aromatic rings. The Balaban J connectivity index is 3.30. The summed E-state index contributed by atoms with van der Waals surface area (Å²) in [5.41, 5.74) is 5.37. The Kier molecular flexibility index (Phi) is 6.76. The fourth-order valence-corrected chi connectivity index (χ4v) is 1.08. The quantitative estimate of drug-likeness (QED) is 0.616. The van der Waals surface area contributed by atoms with Crippen LogP contribution < -0.4 is 5.73 Å². The predicted octanol–water partition coefficient (Wildman–Crippen LogP) is 1.31. The third kappa shape index (κ3) is 6.16. The zero-order valence-electron chi connectivity index (χ0n) is 8.01. The van der Waals surface area contributed by atoms with Crippen LogP contribution >= 0.6 is 0 Å². The van der Waals surface area contributed by atoms with Gasteiger partial charge in [0.2, 0.25) is 0 Å². The molecule has 12 heavy (non-hydrogen) atoms. The lowest BCUT2D eigenvalue weighted by molar-refractivity contribution is -0.140. The number of carbonyl (C=O) groups is 1. The summed E-state index contributed by atoms with van der Waals surface area (Å²) in [6.45, 7) is 2.88. The minimum absolute atomic E-state index is 0.116. The summed E-state index contributed by atoms with van der Waals surface area (Å²) < 4.78 is 4.54. The van der Waals surface area contributed by atoms with Crippen molar-refractivity contribution in [2.24, 2.45) is 11.7 Å². The molecule has 3 nitrogen and oxygen atoms in total. The second kappa shape index (κ2) is 7.10. The van der Waals surface area contributed by atoms with Crippen LogP contribution in [0, 0.1) is 5.92 Å². The van der Waals surface area contributed by atoms with Gasteiger partial charge in [0.25, 0.3) is 0 Å². The largest absolute Gasteiger partial charge is 0.469 e. The Morgan fingerprint density at radius 1 is 1.50 bits per heavy atom. The zero-order chi connectivity index (χ0) is 9.40. The van der Waals surface area contributed by atoms with Crippen LogP contribution in [0.3, 0.4) is 0 Å². The van der Waals surface area contributed by atoms with Gasteiger partial charge < -0.3 is 10.5 Å². The number of hydrogen-bond donors (Lipinski definition) is 1. The molecule has 2 N–H and O–H groups in total. The Morgan fingerprint density at radius 3 is 2.67 bits per heavy atom. The molecule has 0 radical (unpaired) electrons. The third-order valence-electron chi connectivity index (χ3n) is 1.97. The van der Waals surface area contributed by atoms with Gasteiger partial charge in [0.15, 0.2) is 0 Å². The highest BCUT2D eigenvalue weighted by Gasteiger charge is 2.05. The van der Waals surface area contributed by atoms with E-state index < -0.39 is 0 Å². The van der Waals surface area contributed by atoms with Crippen molar-refractivity contribution in [1.82, 2.24) is 0 Å². The topological polar surface area (TPSA) is 52.3 Å². The molecule has 0 aromatic carbocycles. The van der Waals surface area contributed by atoms with Gasteiger partial charge in [-0.25, -0.2) is 0 Å². The molecular weight excluding hydrogens is 154 g/mol. The van der Waals surface area contributed by atoms with Gasteiger partial charge in [-0.1, -0.05) is 6.92 Å². The van der Waals surface area contributed by atoms with Crippen molar-refractivity contribution in [3.05, 3.63) is 0 Å². The van der Waals surface area contributed by atoms with Crippen LogP contribution in [0.5, 0.6) is 0 Å². The second-order valence-electron chi connectivity index (χ2n) is 3.15. The first-order chi connectivity index (χ1) is 5.70. The van der Waals surface area contributed by atoms with Crippen molar-refractivity contribution in [2.75, 3.05) is 13.7 Å². The fraction of sp³-hybridized carbons (Fsp3) is 0.889. The molecule has 0 aliphatic rings. The van der Waals surface area contributed by atoms with E-state index in [2.05, 4.69) is 11.7 Å². The summed E-state index contributed by atoms with van der Waals surface area (Å²) in [5.74, 6) is 0.460. The van der Waals surface area contributed by atoms with E-state index >= 15 is 0 Å². The summed E-state index contributed by atoms with van der Waals surface area (Å²) in [5, 5.41) is 0. The SMILES string of the molecule is COC(=O)CCC(C)CCCN. The first-order valence-electron chi connectivity index (χ1n) is 4.47. The molecule has 0 aromatic heterocycles. The highest BCUT2D eigenvalue weighted by atomic mass is 16.5. The van der Waals surface area contributed by atoms with Crippen molar-refractivity contribution < 1.29 is 9.53 Å². The summed E-state index contributed by atoms with van der Waals surface area (Å²) in [6, 6.07) is 0. The molecule has 0 saturated carbocycles. The van der Waals surface area contributed by atoms with Crippen molar-refractivity contribution in [1.29, 1.82) is 0 Å². The molecule has 0 saturated heterocycles. The molecule has 0 aliphatic carbocycles. The average molecular weight is 173 g/mol. The van der Waals surface area contributed by atoms with E-state index in [9.17, 15) is 4.79 Å². The maximum atomic E-state index is 10.7. The maximum Gasteiger partial charge on any atom is 0.305 e. The molecule has 0 heterocycles. The lowest BCUT2D eigenvalue weighted by atomic mass is 10.00. The van der Waals surface area contributed by atoms with Gasteiger partial charge in [-0.15, -0.1) is 0 Å². The molecule has 0 amide bonds. The van der Waals surface area contributed by atoms with Crippen LogP contribution in [0.25, 0.3) is 0 Å². The van der Waals surface area contributed by atoms with Crippen LogP contribution in [0.15, 0.2) is 0 Å². The molecular formula is C9H19NO2. The van der Waals surface area contributed by atoms with Gasteiger partial charge in [-0.3, -0.25) is 4.79 Å². The van der Waals surface area contributed by atoms with Gasteiger partial charge >= 0.3 is 5.97 Å². The van der Waals surface area contributed by atoms with Gasteiger partial charge in [0, 0.05) is 6.42 Å². The van der Waals surface area contributed by atoms with Gasteiger partial charge in [-0.05, 0) is 31.7 Å². The van der Waals surface area contributed by atoms with E-state index in [-0.39, 0.29) is 5.97 Å². The monoisotopic (exact) mass is 173 g/mol. The average Bonchev–Trinajstić information content (AvgIpc) is 2.10. The van der Waals surface area contributed by atoms with E-state index in [1.807, 2.05) is 0 Å². The number of ether oxygens (including phenoxy) is 1. The number of rotatable bonds is 6. The number of carbonyl (C=O) groups excluding carboxylic acids is 1. The lowest BCUT2D eigenvalue weighted by Crippen LogP contribution is -2.06. The van der Waals surface area contributed by atoms with Crippen molar-refractivity contribution in [3.63, 3.8) is 0 Å². The van der Waals surface area contributed by atoms with E-state index in [1.54, 1.807) is 0 Å². The maximum absolute atomic E-state index is 10.7. The molecule has 72 valence electrons. The summed E-state index contributed by atoms with van der Waals surface area (Å²) in [4.78, 5) is 10.7. The lowest BCUT2D eigenvalue weighted by Gasteiger charge is -2.08. The highest BCUT2D eigenvalue weighted by molar-refractivity contribution is 5.69. The Bertz CT molecular complexity index is 126. The molecule has 3 heteroatoms. The minimum atomic E-state index is -0.116. The van der Waals surface area contributed by atoms with Crippen LogP contribution in [-0.4, -0.2) is 19.6 Å². The summed E-state index contributed by atoms with van der Waals surface area (Å²) in [6.07, 6.45) is 3.59. The standard InChI is InChI=1S/C9H19NO2/c1-8(4-3-7-10)5-6-9(11)12-2/h8H,3-7,10H2,1-2H3. The van der Waals surface area contributed by atoms with Crippen molar-refractivity contribution >= 4 is 5.97 Å². The number of methoxy groups -OCH3 is 1. The molecule has 0 rings (SSSR count). The smallest absolute Gasteiger partial charge is 0.305 e. The van der Waals surface area contributed by atoms with Crippen LogP contribution in [0.4, 0.5) is 0 Å². The Hall–Kier alpha value is -0.570. The minimum Gasteiger partial charge on any atom is -0.469 e. The number of nitrogens with two attached hydrogens (primary N) is 1. The summed E-state index contributed by atoms with van der Waals surface area (Å²) >= 11 is 0. The first kappa shape index (κ1) is 11.4. The van der Waals surface area contributed by atoms with Gasteiger partial charge in [0.05, 0.1) is 7.11 Å². The highest BCUT2D eigenvalue weighted by Crippen LogP contribution is 2.11. The normalized spacial score (nSPS) is 12.6. The first-order valence-corrected chi connectivity index (χ1v) is 4.47. The fourth-order valence-electron chi connectivity index (χ4n) is 1.08. The molecule has 1 atom stereocenters. The molecule has 0 fully saturated rings. The number of hydrogen-bond acceptors (Lipinski definition) is 3. The van der Waals surface area contributed by atoms with E-state index in [0.717, 1.165) is 25.8 Å². The summed E-state index contributed by atoms with van der Waals surface area (Å²) in [7, 11) is 1.42. The van der Waals surface area contributed by atoms with E-state index in [4.69, 9.17) is 5.73 Å². The third-order valence-corrected chi connectivity index (χ3v) is 1.97. The Morgan fingerprint density at radius 2 is 2.17 bits per heavy atom.